The number of aliphatic hydroxyl groups excluding tert-OH is 1. The van der Waals surface area contributed by atoms with Crippen molar-refractivity contribution in [2.75, 3.05) is 6.54 Å². The minimum absolute atomic E-state index is 0. The molecule has 48 heavy (non-hydrogen) atoms. The van der Waals surface area contributed by atoms with Crippen LogP contribution in [0.15, 0.2) is 30.3 Å². The lowest BCUT2D eigenvalue weighted by Gasteiger charge is -2.29. The molecule has 0 aliphatic rings. The van der Waals surface area contributed by atoms with Crippen molar-refractivity contribution in [1.29, 1.82) is 0 Å². The smallest absolute Gasteiger partial charge is 0.303 e. The molecule has 13 nitrogen and oxygen atoms in total. The summed E-state index contributed by atoms with van der Waals surface area (Å²) in [5.41, 5.74) is 0.804. The van der Waals surface area contributed by atoms with Gasteiger partial charge in [-0.3, -0.25) is 28.8 Å². The molecule has 1 aromatic rings. The van der Waals surface area contributed by atoms with Gasteiger partial charge in [-0.2, -0.15) is 0 Å². The number of carbonyl (C=O) groups excluding carboxylic acids is 5. The second-order valence-corrected chi connectivity index (χ2v) is 12.3. The number of carboxylic acid groups (broad SMARTS) is 1. The zero-order valence-electron chi connectivity index (χ0n) is 28.6. The molecule has 0 fully saturated rings. The van der Waals surface area contributed by atoms with E-state index in [4.69, 9.17) is 5.11 Å². The summed E-state index contributed by atoms with van der Waals surface area (Å²) in [6.07, 6.45) is -0.234. The van der Waals surface area contributed by atoms with Crippen LogP contribution < -0.4 is 26.6 Å². The standard InChI is InChI=1S/C34H55N5O8.CH4/c1-7-14-24(36-34(47)31(22(6)8-2)38-27(41)17-13-18-29(43)44)32(45)37-25(19-23-15-11-10-12-16-23)26(40)20-28(42)39-30(21(4)5)33(46)35-9-3;/h10-12,15-16,21-22,24-26,30-31,40H,7-9,13-14,17-20H2,1-6H3,(H,35,46)(H,36,47)(H,37,45)(H,38,41)(H,39,42)(H,43,44);1H4/t22-,24-,25-,26-,30-,31-;/m0./s1. The van der Waals surface area contributed by atoms with Crippen LogP contribution in [-0.2, 0) is 35.2 Å². The maximum Gasteiger partial charge on any atom is 0.303 e. The topological polar surface area (TPSA) is 203 Å². The second kappa shape index (κ2) is 23.3. The van der Waals surface area contributed by atoms with Crippen molar-refractivity contribution in [2.45, 2.75) is 131 Å². The molecule has 0 aliphatic carbocycles. The molecule has 6 atom stereocenters. The highest BCUT2D eigenvalue weighted by atomic mass is 16.4. The summed E-state index contributed by atoms with van der Waals surface area (Å²) in [7, 11) is 0. The highest BCUT2D eigenvalue weighted by Crippen LogP contribution is 2.13. The first-order valence-corrected chi connectivity index (χ1v) is 16.6. The zero-order chi connectivity index (χ0) is 35.5. The molecule has 1 rings (SSSR count). The SMILES string of the molecule is C.CCC[C@H](NC(=O)[C@@H](NC(=O)CCCC(=O)O)[C@@H](C)CC)C(=O)N[C@@H](Cc1ccccc1)[C@@H](O)CC(=O)N[C@H](C(=O)NCC)C(C)C. The molecule has 7 N–H and O–H groups in total. The van der Waals surface area contributed by atoms with E-state index in [1.54, 1.807) is 27.7 Å². The van der Waals surface area contributed by atoms with Crippen LogP contribution >= 0.6 is 0 Å². The zero-order valence-corrected chi connectivity index (χ0v) is 28.6. The Morgan fingerprint density at radius 3 is 1.94 bits per heavy atom. The third kappa shape index (κ3) is 16.2. The van der Waals surface area contributed by atoms with Crippen molar-refractivity contribution in [3.05, 3.63) is 35.9 Å². The number of rotatable bonds is 22. The van der Waals surface area contributed by atoms with Gasteiger partial charge in [-0.15, -0.1) is 0 Å². The molecular weight excluding hydrogens is 618 g/mol. The number of hydrogen-bond donors (Lipinski definition) is 7. The Balaban J connectivity index is 0.0000221. The first kappa shape index (κ1) is 44.0. The summed E-state index contributed by atoms with van der Waals surface area (Å²) in [4.78, 5) is 75.8. The molecule has 0 saturated carbocycles. The molecule has 0 radical (unpaired) electrons. The Morgan fingerprint density at radius 1 is 0.771 bits per heavy atom. The summed E-state index contributed by atoms with van der Waals surface area (Å²) in [5.74, 6) is -3.94. The van der Waals surface area contributed by atoms with Crippen molar-refractivity contribution < 1.29 is 39.0 Å². The number of carboxylic acids is 1. The van der Waals surface area contributed by atoms with Crippen LogP contribution in [0.5, 0.6) is 0 Å². The Morgan fingerprint density at radius 2 is 1.40 bits per heavy atom. The van der Waals surface area contributed by atoms with E-state index in [-0.39, 0.29) is 63.7 Å². The Bertz CT molecular complexity index is 1160. The van der Waals surface area contributed by atoms with E-state index in [1.165, 1.54) is 0 Å². The van der Waals surface area contributed by atoms with Gasteiger partial charge in [0.1, 0.15) is 18.1 Å². The quantitative estimate of drug-likeness (QED) is 0.0969. The van der Waals surface area contributed by atoms with Gasteiger partial charge in [-0.05, 0) is 43.6 Å². The van der Waals surface area contributed by atoms with Crippen LogP contribution in [0.1, 0.15) is 99.5 Å². The van der Waals surface area contributed by atoms with Crippen LogP contribution in [0.3, 0.4) is 0 Å². The van der Waals surface area contributed by atoms with Crippen molar-refractivity contribution in [1.82, 2.24) is 26.6 Å². The molecule has 0 spiro atoms. The van der Waals surface area contributed by atoms with Crippen LogP contribution in [0, 0.1) is 11.8 Å². The fourth-order valence-corrected chi connectivity index (χ4v) is 4.99. The third-order valence-electron chi connectivity index (χ3n) is 7.92. The average Bonchev–Trinajstić information content (AvgIpc) is 3.01. The number of aliphatic hydroxyl groups is 1. The predicted octanol–water partition coefficient (Wildman–Crippen LogP) is 2.45. The van der Waals surface area contributed by atoms with Gasteiger partial charge in [0.05, 0.1) is 18.6 Å². The summed E-state index contributed by atoms with van der Waals surface area (Å²) < 4.78 is 0. The molecule has 272 valence electrons. The number of aliphatic carboxylic acids is 1. The van der Waals surface area contributed by atoms with Crippen LogP contribution in [0.25, 0.3) is 0 Å². The fraction of sp³-hybridized carbons (Fsp3) is 0.657. The van der Waals surface area contributed by atoms with Gasteiger partial charge in [-0.1, -0.05) is 85.2 Å². The van der Waals surface area contributed by atoms with Crippen molar-refractivity contribution in [3.8, 4) is 0 Å². The number of carbonyl (C=O) groups is 6. The van der Waals surface area contributed by atoms with Gasteiger partial charge in [0.15, 0.2) is 0 Å². The van der Waals surface area contributed by atoms with E-state index in [0.29, 0.717) is 19.4 Å². The van der Waals surface area contributed by atoms with Crippen LogP contribution in [0.2, 0.25) is 0 Å². The molecule has 0 heterocycles. The van der Waals surface area contributed by atoms with E-state index in [1.807, 2.05) is 44.2 Å². The fourth-order valence-electron chi connectivity index (χ4n) is 4.99. The van der Waals surface area contributed by atoms with Crippen LogP contribution in [-0.4, -0.2) is 82.5 Å². The lowest BCUT2D eigenvalue weighted by Crippen LogP contribution is -2.58. The summed E-state index contributed by atoms with van der Waals surface area (Å²) in [6, 6.07) is 5.48. The van der Waals surface area contributed by atoms with Crippen molar-refractivity contribution in [2.24, 2.45) is 11.8 Å². The summed E-state index contributed by atoms with van der Waals surface area (Å²) >= 11 is 0. The van der Waals surface area contributed by atoms with Gasteiger partial charge in [0, 0.05) is 19.4 Å². The maximum atomic E-state index is 13.6. The molecule has 0 aliphatic heterocycles. The van der Waals surface area contributed by atoms with Crippen molar-refractivity contribution in [3.63, 3.8) is 0 Å². The highest BCUT2D eigenvalue weighted by molar-refractivity contribution is 5.92. The normalized spacial score (nSPS) is 14.6. The molecule has 0 bridgehead atoms. The molecule has 13 heteroatoms. The van der Waals surface area contributed by atoms with Gasteiger partial charge in [-0.25, -0.2) is 0 Å². The highest BCUT2D eigenvalue weighted by Gasteiger charge is 2.32. The van der Waals surface area contributed by atoms with Gasteiger partial charge < -0.3 is 36.8 Å². The predicted molar refractivity (Wildman–Crippen MR) is 185 cm³/mol. The summed E-state index contributed by atoms with van der Waals surface area (Å²) in [6.45, 7) is 11.3. The maximum absolute atomic E-state index is 13.6. The Kier molecular flexibility index (Phi) is 21.4. The lowest BCUT2D eigenvalue weighted by molar-refractivity contribution is -0.137. The molecular formula is C35H59N5O8. The van der Waals surface area contributed by atoms with E-state index in [2.05, 4.69) is 26.6 Å². The second-order valence-electron chi connectivity index (χ2n) is 12.3. The molecule has 0 unspecified atom stereocenters. The van der Waals surface area contributed by atoms with E-state index >= 15 is 0 Å². The van der Waals surface area contributed by atoms with Gasteiger partial charge in [0.25, 0.3) is 0 Å². The molecule has 0 saturated heterocycles. The molecule has 5 amide bonds. The number of benzene rings is 1. The minimum atomic E-state index is -1.32. The first-order chi connectivity index (χ1) is 22.2. The number of likely N-dealkylation sites (N-methyl/N-ethyl adjacent to an activating group) is 1. The Hall–Kier alpha value is -4.00. The van der Waals surface area contributed by atoms with E-state index in [0.717, 1.165) is 5.56 Å². The minimum Gasteiger partial charge on any atom is -0.481 e. The number of nitrogens with one attached hydrogen (secondary N) is 5. The van der Waals surface area contributed by atoms with E-state index < -0.39 is 59.9 Å². The van der Waals surface area contributed by atoms with Crippen LogP contribution in [0.4, 0.5) is 0 Å². The first-order valence-electron chi connectivity index (χ1n) is 16.6. The number of amides is 5. The van der Waals surface area contributed by atoms with Gasteiger partial charge >= 0.3 is 5.97 Å². The average molecular weight is 678 g/mol. The van der Waals surface area contributed by atoms with Crippen molar-refractivity contribution >= 4 is 35.5 Å². The number of hydrogen-bond acceptors (Lipinski definition) is 7. The Labute approximate surface area is 285 Å². The lowest BCUT2D eigenvalue weighted by atomic mass is 9.96. The molecule has 1 aromatic carbocycles. The summed E-state index contributed by atoms with van der Waals surface area (Å²) in [5, 5.41) is 33.8. The molecule has 0 aromatic heterocycles. The third-order valence-corrected chi connectivity index (χ3v) is 7.92. The van der Waals surface area contributed by atoms with E-state index in [9.17, 15) is 33.9 Å². The van der Waals surface area contributed by atoms with Gasteiger partial charge in [0.2, 0.25) is 29.5 Å². The monoisotopic (exact) mass is 677 g/mol. The largest absolute Gasteiger partial charge is 0.481 e.